The monoisotopic (exact) mass is 326 g/mol. The van der Waals surface area contributed by atoms with Gasteiger partial charge in [-0.2, -0.15) is 0 Å². The molecule has 18 heavy (non-hydrogen) atoms. The normalized spacial score (nSPS) is 10.6. The number of nitrogens with one attached hydrogen (secondary N) is 1. The Morgan fingerprint density at radius 3 is 3.00 bits per heavy atom. The van der Waals surface area contributed by atoms with Crippen molar-refractivity contribution in [3.63, 3.8) is 0 Å². The quantitative estimate of drug-likeness (QED) is 0.880. The molecule has 3 nitrogen and oxygen atoms in total. The van der Waals surface area contributed by atoms with Gasteiger partial charge < -0.3 is 10.1 Å². The average molecular weight is 327 g/mol. The highest BCUT2D eigenvalue weighted by Gasteiger charge is 1.99. The summed E-state index contributed by atoms with van der Waals surface area (Å²) in [5.41, 5.74) is 1.18. The van der Waals surface area contributed by atoms with E-state index in [0.29, 0.717) is 12.5 Å². The second-order valence-electron chi connectivity index (χ2n) is 3.77. The van der Waals surface area contributed by atoms with Crippen molar-refractivity contribution in [2.24, 2.45) is 0 Å². The zero-order chi connectivity index (χ0) is 12.8. The molecule has 0 aliphatic heterocycles. The number of halogens is 1. The zero-order valence-electron chi connectivity index (χ0n) is 10.1. The van der Waals surface area contributed by atoms with Gasteiger partial charge in [0.15, 0.2) is 0 Å². The minimum atomic E-state index is 0.646. The van der Waals surface area contributed by atoms with Crippen LogP contribution in [-0.2, 0) is 13.1 Å². The number of hydrogen-bond acceptors (Lipinski definition) is 4. The molecule has 0 radical (unpaired) electrons. The minimum absolute atomic E-state index is 0.646. The van der Waals surface area contributed by atoms with E-state index in [-0.39, 0.29) is 0 Å². The Bertz CT molecular complexity index is 501. The highest BCUT2D eigenvalue weighted by atomic mass is 79.9. The van der Waals surface area contributed by atoms with E-state index in [2.05, 4.69) is 37.7 Å². The van der Waals surface area contributed by atoms with Crippen molar-refractivity contribution < 1.29 is 4.74 Å². The van der Waals surface area contributed by atoms with E-state index in [1.54, 1.807) is 17.5 Å². The topological polar surface area (TPSA) is 34.1 Å². The van der Waals surface area contributed by atoms with Gasteiger partial charge in [-0.05, 0) is 40.5 Å². The Morgan fingerprint density at radius 2 is 2.28 bits per heavy atom. The van der Waals surface area contributed by atoms with Gasteiger partial charge in [0.2, 0.25) is 5.88 Å². The first kappa shape index (κ1) is 13.5. The Labute approximate surface area is 119 Å². The predicted octanol–water partition coefficient (Wildman–Crippen LogP) is 3.59. The minimum Gasteiger partial charge on any atom is -0.478 e. The van der Waals surface area contributed by atoms with Crippen molar-refractivity contribution in [3.05, 3.63) is 44.7 Å². The van der Waals surface area contributed by atoms with Crippen LogP contribution in [0, 0.1) is 0 Å². The van der Waals surface area contributed by atoms with Crippen LogP contribution < -0.4 is 10.1 Å². The summed E-state index contributed by atoms with van der Waals surface area (Å²) in [6.45, 7) is 4.30. The lowest BCUT2D eigenvalue weighted by Gasteiger charge is -2.06. The lowest BCUT2D eigenvalue weighted by molar-refractivity contribution is 0.326. The van der Waals surface area contributed by atoms with E-state index in [4.69, 9.17) is 4.74 Å². The molecule has 2 heterocycles. The fourth-order valence-corrected chi connectivity index (χ4v) is 2.98. The standard InChI is InChI=1S/C13H15BrN2OS/c1-2-17-13-5-10(3-4-16-13)7-15-8-12-6-11(14)9-18-12/h3-6,9,15H,2,7-8H2,1H3. The van der Waals surface area contributed by atoms with Crippen LogP contribution in [0.5, 0.6) is 5.88 Å². The molecule has 0 aromatic carbocycles. The summed E-state index contributed by atoms with van der Waals surface area (Å²) in [6, 6.07) is 6.11. The molecule has 2 aromatic heterocycles. The molecule has 0 unspecified atom stereocenters. The third-order valence-corrected chi connectivity index (χ3v) is 4.04. The van der Waals surface area contributed by atoms with Crippen LogP contribution in [0.15, 0.2) is 34.2 Å². The maximum Gasteiger partial charge on any atom is 0.213 e. The summed E-state index contributed by atoms with van der Waals surface area (Å²) in [5.74, 6) is 0.690. The first-order valence-corrected chi connectivity index (χ1v) is 7.46. The van der Waals surface area contributed by atoms with Gasteiger partial charge in [0.05, 0.1) is 6.61 Å². The van der Waals surface area contributed by atoms with E-state index in [1.165, 1.54) is 10.4 Å². The molecule has 0 amide bonds. The molecule has 0 spiro atoms. The molecule has 0 bridgehead atoms. The molecule has 0 aliphatic carbocycles. The summed E-state index contributed by atoms with van der Waals surface area (Å²) < 4.78 is 6.52. The Balaban J connectivity index is 1.84. The number of aromatic nitrogens is 1. The summed E-state index contributed by atoms with van der Waals surface area (Å²) in [4.78, 5) is 5.46. The first-order chi connectivity index (χ1) is 8.78. The first-order valence-electron chi connectivity index (χ1n) is 5.79. The van der Waals surface area contributed by atoms with Gasteiger partial charge in [0.25, 0.3) is 0 Å². The Morgan fingerprint density at radius 1 is 1.39 bits per heavy atom. The number of hydrogen-bond donors (Lipinski definition) is 1. The lowest BCUT2D eigenvalue weighted by Crippen LogP contribution is -2.12. The van der Waals surface area contributed by atoms with Crippen LogP contribution >= 0.6 is 27.3 Å². The molecule has 2 rings (SSSR count). The average Bonchev–Trinajstić information content (AvgIpc) is 2.76. The number of nitrogens with zero attached hydrogens (tertiary/aromatic N) is 1. The van der Waals surface area contributed by atoms with Crippen LogP contribution in [0.1, 0.15) is 17.4 Å². The van der Waals surface area contributed by atoms with E-state index < -0.39 is 0 Å². The second kappa shape index (κ2) is 6.87. The highest BCUT2D eigenvalue weighted by molar-refractivity contribution is 9.10. The third-order valence-electron chi connectivity index (χ3n) is 2.34. The van der Waals surface area contributed by atoms with E-state index in [0.717, 1.165) is 17.6 Å². The van der Waals surface area contributed by atoms with Gasteiger partial charge in [-0.25, -0.2) is 4.98 Å². The fraction of sp³-hybridized carbons (Fsp3) is 0.308. The van der Waals surface area contributed by atoms with Gasteiger partial charge in [-0.3, -0.25) is 0 Å². The maximum absolute atomic E-state index is 5.37. The summed E-state index contributed by atoms with van der Waals surface area (Å²) in [6.07, 6.45) is 1.78. The number of thiophene rings is 1. The van der Waals surface area contributed by atoms with Gasteiger partial charge >= 0.3 is 0 Å². The van der Waals surface area contributed by atoms with Gasteiger partial charge in [-0.15, -0.1) is 11.3 Å². The van der Waals surface area contributed by atoms with Crippen molar-refractivity contribution in [2.75, 3.05) is 6.61 Å². The van der Waals surface area contributed by atoms with Crippen molar-refractivity contribution in [3.8, 4) is 5.88 Å². The lowest BCUT2D eigenvalue weighted by atomic mass is 10.2. The molecular formula is C13H15BrN2OS. The SMILES string of the molecule is CCOc1cc(CNCc2cc(Br)cs2)ccn1. The van der Waals surface area contributed by atoms with Crippen LogP contribution in [0.25, 0.3) is 0 Å². The Hall–Kier alpha value is -0.910. The van der Waals surface area contributed by atoms with E-state index in [9.17, 15) is 0 Å². The second-order valence-corrected chi connectivity index (χ2v) is 5.68. The van der Waals surface area contributed by atoms with Crippen LogP contribution in [0.2, 0.25) is 0 Å². The zero-order valence-corrected chi connectivity index (χ0v) is 12.6. The van der Waals surface area contributed by atoms with Crippen molar-refractivity contribution >= 4 is 27.3 Å². The largest absolute Gasteiger partial charge is 0.478 e. The fourth-order valence-electron chi connectivity index (χ4n) is 1.56. The molecule has 0 saturated carbocycles. The highest BCUT2D eigenvalue weighted by Crippen LogP contribution is 2.19. The van der Waals surface area contributed by atoms with Gasteiger partial charge in [0.1, 0.15) is 0 Å². The van der Waals surface area contributed by atoms with E-state index >= 15 is 0 Å². The summed E-state index contributed by atoms with van der Waals surface area (Å²) in [5, 5.41) is 5.50. The van der Waals surface area contributed by atoms with Crippen molar-refractivity contribution in [2.45, 2.75) is 20.0 Å². The van der Waals surface area contributed by atoms with Crippen molar-refractivity contribution in [1.82, 2.24) is 10.3 Å². The molecule has 0 fully saturated rings. The molecule has 0 aliphatic rings. The van der Waals surface area contributed by atoms with Crippen LogP contribution in [0.3, 0.4) is 0 Å². The molecule has 0 atom stereocenters. The van der Waals surface area contributed by atoms with Crippen LogP contribution in [-0.4, -0.2) is 11.6 Å². The van der Waals surface area contributed by atoms with Gasteiger partial charge in [0, 0.05) is 40.1 Å². The molecule has 96 valence electrons. The van der Waals surface area contributed by atoms with Crippen molar-refractivity contribution in [1.29, 1.82) is 0 Å². The third kappa shape index (κ3) is 4.08. The predicted molar refractivity (Wildman–Crippen MR) is 78.0 cm³/mol. The molecule has 1 N–H and O–H groups in total. The Kier molecular flexibility index (Phi) is 5.16. The number of ether oxygens (including phenoxy) is 1. The smallest absolute Gasteiger partial charge is 0.213 e. The summed E-state index contributed by atoms with van der Waals surface area (Å²) in [7, 11) is 0. The van der Waals surface area contributed by atoms with Crippen LogP contribution in [0.4, 0.5) is 0 Å². The maximum atomic E-state index is 5.37. The molecule has 5 heteroatoms. The molecule has 2 aromatic rings. The van der Waals surface area contributed by atoms with Gasteiger partial charge in [-0.1, -0.05) is 0 Å². The number of pyridine rings is 1. The van der Waals surface area contributed by atoms with E-state index in [1.807, 2.05) is 19.1 Å². The summed E-state index contributed by atoms with van der Waals surface area (Å²) >= 11 is 5.20. The number of rotatable bonds is 6. The molecule has 0 saturated heterocycles. The molecular weight excluding hydrogens is 312 g/mol.